The molecule has 0 fully saturated rings. The number of nitrogens with zero attached hydrogens (tertiary/aromatic N) is 2. The molecule has 3 heteroatoms. The van der Waals surface area contributed by atoms with Crippen molar-refractivity contribution in [1.82, 2.24) is 9.88 Å². The minimum Gasteiger partial charge on any atom is -0.326 e. The lowest BCUT2D eigenvalue weighted by molar-refractivity contribution is 0.143. The molecule has 1 heterocycles. The van der Waals surface area contributed by atoms with E-state index in [1.165, 1.54) is 0 Å². The first-order valence-electron chi connectivity index (χ1n) is 5.98. The third-order valence-corrected chi connectivity index (χ3v) is 2.84. The zero-order valence-corrected chi connectivity index (χ0v) is 11.1. The Balaban J connectivity index is 2.89. The third kappa shape index (κ3) is 3.95. The standard InChI is InChI=1S/C14H23N3/c1-5-9-17(14(2,3)4)11-13-12(10-15)7-6-8-16-13/h5-8H,1,9-11,15H2,2-4H3. The smallest absolute Gasteiger partial charge is 0.0589 e. The average molecular weight is 233 g/mol. The maximum absolute atomic E-state index is 5.73. The van der Waals surface area contributed by atoms with E-state index in [0.29, 0.717) is 6.54 Å². The fourth-order valence-electron chi connectivity index (χ4n) is 1.71. The molecule has 1 rings (SSSR count). The Bertz CT molecular complexity index is 366. The van der Waals surface area contributed by atoms with Crippen molar-refractivity contribution in [3.05, 3.63) is 42.2 Å². The zero-order valence-electron chi connectivity index (χ0n) is 11.1. The number of nitrogens with two attached hydrogens (primary N) is 1. The topological polar surface area (TPSA) is 42.2 Å². The van der Waals surface area contributed by atoms with E-state index in [4.69, 9.17) is 5.73 Å². The molecule has 0 aliphatic carbocycles. The molecule has 0 radical (unpaired) electrons. The maximum atomic E-state index is 5.73. The molecule has 17 heavy (non-hydrogen) atoms. The van der Waals surface area contributed by atoms with Gasteiger partial charge in [-0.15, -0.1) is 6.58 Å². The van der Waals surface area contributed by atoms with Crippen LogP contribution in [0.2, 0.25) is 0 Å². The number of hydrogen-bond acceptors (Lipinski definition) is 3. The lowest BCUT2D eigenvalue weighted by atomic mass is 10.0. The summed E-state index contributed by atoms with van der Waals surface area (Å²) in [4.78, 5) is 6.76. The molecule has 0 aliphatic heterocycles. The highest BCUT2D eigenvalue weighted by molar-refractivity contribution is 5.19. The first-order chi connectivity index (χ1) is 7.99. The molecule has 0 spiro atoms. The molecule has 94 valence electrons. The van der Waals surface area contributed by atoms with Gasteiger partial charge in [-0.2, -0.15) is 0 Å². The van der Waals surface area contributed by atoms with Crippen LogP contribution in [0.3, 0.4) is 0 Å². The van der Waals surface area contributed by atoms with Crippen LogP contribution in [-0.2, 0) is 13.1 Å². The van der Waals surface area contributed by atoms with Crippen LogP contribution in [0.1, 0.15) is 32.0 Å². The van der Waals surface area contributed by atoms with Gasteiger partial charge in [-0.25, -0.2) is 0 Å². The van der Waals surface area contributed by atoms with Crippen molar-refractivity contribution in [2.24, 2.45) is 5.73 Å². The molecule has 0 aliphatic rings. The second kappa shape index (κ2) is 5.94. The molecule has 0 unspecified atom stereocenters. The van der Waals surface area contributed by atoms with Crippen LogP contribution in [0.5, 0.6) is 0 Å². The van der Waals surface area contributed by atoms with Gasteiger partial charge in [0, 0.05) is 31.4 Å². The normalized spacial score (nSPS) is 11.8. The van der Waals surface area contributed by atoms with Crippen LogP contribution in [0.4, 0.5) is 0 Å². The van der Waals surface area contributed by atoms with E-state index < -0.39 is 0 Å². The Kier molecular flexibility index (Phi) is 4.85. The second-order valence-electron chi connectivity index (χ2n) is 5.15. The molecule has 1 aromatic rings. The molecular weight excluding hydrogens is 210 g/mol. The minimum absolute atomic E-state index is 0.0948. The highest BCUT2D eigenvalue weighted by atomic mass is 15.2. The first kappa shape index (κ1) is 13.9. The Morgan fingerprint density at radius 1 is 1.47 bits per heavy atom. The summed E-state index contributed by atoms with van der Waals surface area (Å²) in [6.45, 7) is 12.6. The van der Waals surface area contributed by atoms with Crippen LogP contribution in [0.15, 0.2) is 31.0 Å². The summed E-state index contributed by atoms with van der Waals surface area (Å²) < 4.78 is 0. The van der Waals surface area contributed by atoms with Crippen LogP contribution in [-0.4, -0.2) is 22.0 Å². The van der Waals surface area contributed by atoms with E-state index in [0.717, 1.165) is 24.3 Å². The van der Waals surface area contributed by atoms with Crippen molar-refractivity contribution in [2.45, 2.75) is 39.4 Å². The van der Waals surface area contributed by atoms with Crippen LogP contribution in [0, 0.1) is 0 Å². The molecule has 3 nitrogen and oxygen atoms in total. The summed E-state index contributed by atoms with van der Waals surface area (Å²) >= 11 is 0. The van der Waals surface area contributed by atoms with Gasteiger partial charge in [0.1, 0.15) is 0 Å². The van der Waals surface area contributed by atoms with Crippen molar-refractivity contribution in [2.75, 3.05) is 6.54 Å². The highest BCUT2D eigenvalue weighted by Crippen LogP contribution is 2.17. The summed E-state index contributed by atoms with van der Waals surface area (Å²) in [6.07, 6.45) is 3.75. The molecule has 0 saturated heterocycles. The monoisotopic (exact) mass is 233 g/mol. The first-order valence-corrected chi connectivity index (χ1v) is 5.98. The van der Waals surface area contributed by atoms with Gasteiger partial charge in [0.05, 0.1) is 5.69 Å². The fourth-order valence-corrected chi connectivity index (χ4v) is 1.71. The van der Waals surface area contributed by atoms with Gasteiger partial charge >= 0.3 is 0 Å². The fraction of sp³-hybridized carbons (Fsp3) is 0.500. The van der Waals surface area contributed by atoms with Gasteiger partial charge in [-0.05, 0) is 32.4 Å². The van der Waals surface area contributed by atoms with Crippen LogP contribution < -0.4 is 5.73 Å². The second-order valence-corrected chi connectivity index (χ2v) is 5.15. The molecule has 0 aromatic carbocycles. The van der Waals surface area contributed by atoms with Crippen molar-refractivity contribution in [3.8, 4) is 0 Å². The van der Waals surface area contributed by atoms with Gasteiger partial charge < -0.3 is 5.73 Å². The number of hydrogen-bond donors (Lipinski definition) is 1. The summed E-state index contributed by atoms with van der Waals surface area (Å²) in [6, 6.07) is 3.97. The van der Waals surface area contributed by atoms with Crippen molar-refractivity contribution >= 4 is 0 Å². The summed E-state index contributed by atoms with van der Waals surface area (Å²) in [7, 11) is 0. The zero-order chi connectivity index (χ0) is 12.9. The Morgan fingerprint density at radius 3 is 2.71 bits per heavy atom. The van der Waals surface area contributed by atoms with Gasteiger partial charge in [-0.3, -0.25) is 9.88 Å². The lowest BCUT2D eigenvalue weighted by Crippen LogP contribution is -2.41. The van der Waals surface area contributed by atoms with Crippen LogP contribution in [0.25, 0.3) is 0 Å². The maximum Gasteiger partial charge on any atom is 0.0589 e. The minimum atomic E-state index is 0.0948. The van der Waals surface area contributed by atoms with E-state index in [-0.39, 0.29) is 5.54 Å². The van der Waals surface area contributed by atoms with Crippen molar-refractivity contribution < 1.29 is 0 Å². The quantitative estimate of drug-likeness (QED) is 0.794. The Labute approximate surface area is 104 Å². The largest absolute Gasteiger partial charge is 0.326 e. The van der Waals surface area contributed by atoms with Gasteiger partial charge in [0.15, 0.2) is 0 Å². The number of aromatic nitrogens is 1. The van der Waals surface area contributed by atoms with E-state index in [9.17, 15) is 0 Å². The summed E-state index contributed by atoms with van der Waals surface area (Å²) in [5.74, 6) is 0. The molecule has 2 N–H and O–H groups in total. The Morgan fingerprint density at radius 2 is 2.18 bits per heavy atom. The third-order valence-electron chi connectivity index (χ3n) is 2.84. The van der Waals surface area contributed by atoms with Crippen molar-refractivity contribution in [1.29, 1.82) is 0 Å². The SMILES string of the molecule is C=CCN(Cc1ncccc1CN)C(C)(C)C. The van der Waals surface area contributed by atoms with E-state index >= 15 is 0 Å². The van der Waals surface area contributed by atoms with Crippen LogP contribution >= 0.6 is 0 Å². The molecule has 0 saturated carbocycles. The van der Waals surface area contributed by atoms with E-state index in [1.807, 2.05) is 24.4 Å². The summed E-state index contributed by atoms with van der Waals surface area (Å²) in [5, 5.41) is 0. The number of rotatable bonds is 5. The molecule has 1 aromatic heterocycles. The average Bonchev–Trinajstić information content (AvgIpc) is 2.28. The predicted molar refractivity (Wildman–Crippen MR) is 72.5 cm³/mol. The van der Waals surface area contributed by atoms with Gasteiger partial charge in [0.25, 0.3) is 0 Å². The van der Waals surface area contributed by atoms with Crippen molar-refractivity contribution in [3.63, 3.8) is 0 Å². The van der Waals surface area contributed by atoms with E-state index in [1.54, 1.807) is 0 Å². The summed E-state index contributed by atoms with van der Waals surface area (Å²) in [5.41, 5.74) is 8.00. The van der Waals surface area contributed by atoms with E-state index in [2.05, 4.69) is 37.2 Å². The molecule has 0 atom stereocenters. The molecule has 0 bridgehead atoms. The molecule has 0 amide bonds. The van der Waals surface area contributed by atoms with Gasteiger partial charge in [-0.1, -0.05) is 12.1 Å². The molecular formula is C14H23N3. The highest BCUT2D eigenvalue weighted by Gasteiger charge is 2.21. The lowest BCUT2D eigenvalue weighted by Gasteiger charge is -2.34. The Hall–Kier alpha value is -1.19. The predicted octanol–water partition coefficient (Wildman–Crippen LogP) is 2.33. The van der Waals surface area contributed by atoms with Gasteiger partial charge in [0.2, 0.25) is 0 Å². The number of pyridine rings is 1.